The molecule has 0 aliphatic carbocycles. The third-order valence-corrected chi connectivity index (χ3v) is 3.12. The minimum atomic E-state index is 0.0205. The third kappa shape index (κ3) is 4.15. The molecule has 2 N–H and O–H groups in total. The summed E-state index contributed by atoms with van der Waals surface area (Å²) in [6, 6.07) is 4.74. The molecule has 1 amide bonds. The van der Waals surface area contributed by atoms with Crippen LogP contribution in [0.2, 0.25) is 0 Å². The fourth-order valence-corrected chi connectivity index (χ4v) is 2.50. The van der Waals surface area contributed by atoms with E-state index < -0.39 is 0 Å². The summed E-state index contributed by atoms with van der Waals surface area (Å²) in [6.45, 7) is 11.6. The summed E-state index contributed by atoms with van der Waals surface area (Å²) in [5.74, 6) is 0.0205. The molecule has 0 saturated heterocycles. The van der Waals surface area contributed by atoms with Gasteiger partial charge in [0.05, 0.1) is 0 Å². The molecule has 0 heterocycles. The quantitative estimate of drug-likeness (QED) is 0.786. The predicted octanol–water partition coefficient (Wildman–Crippen LogP) is 2.40. The van der Waals surface area contributed by atoms with E-state index in [9.17, 15) is 4.79 Å². The SMILES string of the molecule is CC(=O)NCCNC(C)c1c(C)cc(C)cc1C. The summed E-state index contributed by atoms with van der Waals surface area (Å²) in [7, 11) is 0. The number of rotatable bonds is 5. The van der Waals surface area contributed by atoms with E-state index in [2.05, 4.69) is 50.5 Å². The number of amides is 1. The van der Waals surface area contributed by atoms with E-state index >= 15 is 0 Å². The highest BCUT2D eigenvalue weighted by Gasteiger charge is 2.11. The van der Waals surface area contributed by atoms with Crippen molar-refractivity contribution < 1.29 is 4.79 Å². The Hall–Kier alpha value is -1.35. The van der Waals surface area contributed by atoms with Gasteiger partial charge in [-0.1, -0.05) is 17.7 Å². The summed E-state index contributed by atoms with van der Waals surface area (Å²) < 4.78 is 0. The van der Waals surface area contributed by atoms with Crippen molar-refractivity contribution in [2.75, 3.05) is 13.1 Å². The first-order valence-electron chi connectivity index (χ1n) is 6.47. The lowest BCUT2D eigenvalue weighted by Crippen LogP contribution is -2.32. The maximum absolute atomic E-state index is 10.8. The average molecular weight is 248 g/mol. The van der Waals surface area contributed by atoms with Gasteiger partial charge in [-0.2, -0.15) is 0 Å². The maximum atomic E-state index is 10.8. The van der Waals surface area contributed by atoms with Crippen LogP contribution in [0.4, 0.5) is 0 Å². The Morgan fingerprint density at radius 2 is 1.72 bits per heavy atom. The lowest BCUT2D eigenvalue weighted by atomic mass is 9.95. The molecule has 0 aliphatic heterocycles. The van der Waals surface area contributed by atoms with Crippen molar-refractivity contribution in [2.24, 2.45) is 0 Å². The summed E-state index contributed by atoms with van der Waals surface area (Å²) in [5.41, 5.74) is 5.32. The first-order valence-corrected chi connectivity index (χ1v) is 6.47. The highest BCUT2D eigenvalue weighted by atomic mass is 16.1. The van der Waals surface area contributed by atoms with Gasteiger partial charge in [-0.05, 0) is 44.4 Å². The second-order valence-corrected chi connectivity index (χ2v) is 4.97. The summed E-state index contributed by atoms with van der Waals surface area (Å²) in [6.07, 6.45) is 0. The Balaban J connectivity index is 2.61. The normalized spacial score (nSPS) is 12.3. The lowest BCUT2D eigenvalue weighted by molar-refractivity contribution is -0.118. The Morgan fingerprint density at radius 1 is 1.17 bits per heavy atom. The second-order valence-electron chi connectivity index (χ2n) is 4.97. The summed E-state index contributed by atoms with van der Waals surface area (Å²) in [4.78, 5) is 10.8. The molecule has 100 valence electrons. The number of benzene rings is 1. The van der Waals surface area contributed by atoms with E-state index in [0.717, 1.165) is 6.54 Å². The third-order valence-electron chi connectivity index (χ3n) is 3.12. The molecule has 0 aliphatic rings. The lowest BCUT2D eigenvalue weighted by Gasteiger charge is -2.20. The molecule has 1 rings (SSSR count). The van der Waals surface area contributed by atoms with Crippen LogP contribution in [0.5, 0.6) is 0 Å². The number of carbonyl (C=O) groups excluding carboxylic acids is 1. The molecule has 1 atom stereocenters. The molecule has 0 spiro atoms. The minimum Gasteiger partial charge on any atom is -0.355 e. The van der Waals surface area contributed by atoms with Crippen molar-refractivity contribution in [2.45, 2.75) is 40.7 Å². The van der Waals surface area contributed by atoms with E-state index in [1.54, 1.807) is 0 Å². The van der Waals surface area contributed by atoms with E-state index in [4.69, 9.17) is 0 Å². The van der Waals surface area contributed by atoms with Crippen LogP contribution in [0.1, 0.15) is 42.1 Å². The molecule has 0 fully saturated rings. The van der Waals surface area contributed by atoms with Gasteiger partial charge in [0.2, 0.25) is 5.91 Å². The summed E-state index contributed by atoms with van der Waals surface area (Å²) >= 11 is 0. The van der Waals surface area contributed by atoms with Crippen molar-refractivity contribution in [3.63, 3.8) is 0 Å². The topological polar surface area (TPSA) is 41.1 Å². The first-order chi connectivity index (χ1) is 8.41. The molecule has 0 radical (unpaired) electrons. The van der Waals surface area contributed by atoms with Gasteiger partial charge in [-0.25, -0.2) is 0 Å². The highest BCUT2D eigenvalue weighted by molar-refractivity contribution is 5.72. The van der Waals surface area contributed by atoms with Crippen molar-refractivity contribution >= 4 is 5.91 Å². The highest BCUT2D eigenvalue weighted by Crippen LogP contribution is 2.22. The van der Waals surface area contributed by atoms with E-state index in [-0.39, 0.29) is 5.91 Å². The zero-order valence-corrected chi connectivity index (χ0v) is 12.1. The van der Waals surface area contributed by atoms with Crippen LogP contribution >= 0.6 is 0 Å². The summed E-state index contributed by atoms with van der Waals surface area (Å²) in [5, 5.41) is 6.23. The van der Waals surface area contributed by atoms with Crippen molar-refractivity contribution in [3.05, 3.63) is 34.4 Å². The van der Waals surface area contributed by atoms with Gasteiger partial charge in [0.15, 0.2) is 0 Å². The molecule has 0 saturated carbocycles. The zero-order chi connectivity index (χ0) is 13.7. The van der Waals surface area contributed by atoms with Crippen LogP contribution < -0.4 is 10.6 Å². The van der Waals surface area contributed by atoms with Gasteiger partial charge in [-0.15, -0.1) is 0 Å². The Bertz CT molecular complexity index is 403. The van der Waals surface area contributed by atoms with Gasteiger partial charge >= 0.3 is 0 Å². The second kappa shape index (κ2) is 6.55. The number of carbonyl (C=O) groups is 1. The average Bonchev–Trinajstić information content (AvgIpc) is 2.22. The minimum absolute atomic E-state index is 0.0205. The van der Waals surface area contributed by atoms with Gasteiger partial charge in [0.25, 0.3) is 0 Å². The molecule has 0 bridgehead atoms. The Kier molecular flexibility index (Phi) is 5.35. The number of hydrogen-bond acceptors (Lipinski definition) is 2. The van der Waals surface area contributed by atoms with Crippen LogP contribution in [0.15, 0.2) is 12.1 Å². The van der Waals surface area contributed by atoms with Crippen molar-refractivity contribution in [1.29, 1.82) is 0 Å². The fourth-order valence-electron chi connectivity index (χ4n) is 2.50. The molecular weight excluding hydrogens is 224 g/mol. The maximum Gasteiger partial charge on any atom is 0.216 e. The smallest absolute Gasteiger partial charge is 0.216 e. The molecule has 0 aromatic heterocycles. The van der Waals surface area contributed by atoms with Crippen LogP contribution in [0.3, 0.4) is 0 Å². The van der Waals surface area contributed by atoms with Gasteiger partial charge in [-0.3, -0.25) is 4.79 Å². The number of hydrogen-bond donors (Lipinski definition) is 2. The fraction of sp³-hybridized carbons (Fsp3) is 0.533. The van der Waals surface area contributed by atoms with E-state index in [1.165, 1.54) is 29.2 Å². The number of aryl methyl sites for hydroxylation is 3. The van der Waals surface area contributed by atoms with E-state index in [0.29, 0.717) is 12.6 Å². The van der Waals surface area contributed by atoms with E-state index in [1.807, 2.05) is 0 Å². The van der Waals surface area contributed by atoms with Crippen LogP contribution in [0.25, 0.3) is 0 Å². The van der Waals surface area contributed by atoms with Crippen LogP contribution in [-0.4, -0.2) is 19.0 Å². The van der Waals surface area contributed by atoms with Gasteiger partial charge in [0.1, 0.15) is 0 Å². The van der Waals surface area contributed by atoms with Gasteiger partial charge in [0, 0.05) is 26.1 Å². The van der Waals surface area contributed by atoms with Crippen molar-refractivity contribution in [3.8, 4) is 0 Å². The molecule has 18 heavy (non-hydrogen) atoms. The largest absolute Gasteiger partial charge is 0.355 e. The Morgan fingerprint density at radius 3 is 2.22 bits per heavy atom. The monoisotopic (exact) mass is 248 g/mol. The van der Waals surface area contributed by atoms with Gasteiger partial charge < -0.3 is 10.6 Å². The number of nitrogens with one attached hydrogen (secondary N) is 2. The Labute approximate surface area is 110 Å². The molecule has 3 nitrogen and oxygen atoms in total. The first kappa shape index (κ1) is 14.7. The van der Waals surface area contributed by atoms with Crippen LogP contribution in [0, 0.1) is 20.8 Å². The molecular formula is C15H24N2O. The standard InChI is InChI=1S/C15H24N2O/c1-10-8-11(2)15(12(3)9-10)13(4)16-6-7-17-14(5)18/h8-9,13,16H,6-7H2,1-5H3,(H,17,18). The zero-order valence-electron chi connectivity index (χ0n) is 12.1. The molecule has 1 aromatic carbocycles. The van der Waals surface area contributed by atoms with Crippen molar-refractivity contribution in [1.82, 2.24) is 10.6 Å². The molecule has 1 unspecified atom stereocenters. The van der Waals surface area contributed by atoms with Crippen LogP contribution in [-0.2, 0) is 4.79 Å². The molecule has 1 aromatic rings. The molecule has 3 heteroatoms. The predicted molar refractivity (Wildman–Crippen MR) is 75.8 cm³/mol.